The van der Waals surface area contributed by atoms with E-state index < -0.39 is 5.97 Å². The van der Waals surface area contributed by atoms with Gasteiger partial charge in [0.1, 0.15) is 0 Å². The van der Waals surface area contributed by atoms with Crippen molar-refractivity contribution in [2.45, 2.75) is 0 Å². The molecule has 0 bridgehead atoms. The van der Waals surface area contributed by atoms with E-state index >= 15 is 0 Å². The number of carboxylic acid groups (broad SMARTS) is 1. The van der Waals surface area contributed by atoms with Crippen molar-refractivity contribution in [1.29, 1.82) is 0 Å². The van der Waals surface area contributed by atoms with E-state index in [1.54, 1.807) is 12.1 Å². The largest absolute Gasteiger partial charge is 2.00 e. The Morgan fingerprint density at radius 3 is 2.36 bits per heavy atom. The molecule has 2 rings (SSSR count). The Morgan fingerprint density at radius 1 is 1.00 bits per heavy atom. The predicted octanol–water partition coefficient (Wildman–Crippen LogP) is 2.54. The zero-order valence-corrected chi connectivity index (χ0v) is 8.27. The third-order valence-corrected chi connectivity index (χ3v) is 2.02. The maximum Gasteiger partial charge on any atom is 2.00 e. The van der Waals surface area contributed by atoms with Gasteiger partial charge >= 0.3 is 22.7 Å². The van der Waals surface area contributed by atoms with Crippen molar-refractivity contribution in [3.63, 3.8) is 0 Å². The quantitative estimate of drug-likeness (QED) is 0.818. The summed E-state index contributed by atoms with van der Waals surface area (Å²) in [5.41, 5.74) is 0.359. The van der Waals surface area contributed by atoms with Crippen LogP contribution in [0.1, 0.15) is 10.4 Å². The van der Waals surface area contributed by atoms with E-state index in [1.165, 1.54) is 0 Å². The second-order valence-electron chi connectivity index (χ2n) is 2.83. The number of aromatic carboxylic acids is 1. The van der Waals surface area contributed by atoms with Gasteiger partial charge in [-0.3, -0.25) is 0 Å². The molecule has 0 saturated carbocycles. The summed E-state index contributed by atoms with van der Waals surface area (Å²) in [6, 6.07) is 12.7. The van der Waals surface area contributed by atoms with Crippen LogP contribution in [0.3, 0.4) is 0 Å². The maximum absolute atomic E-state index is 10.8. The van der Waals surface area contributed by atoms with Gasteiger partial charge in [0, 0.05) is 0 Å². The second kappa shape index (κ2) is 4.26. The van der Waals surface area contributed by atoms with Crippen molar-refractivity contribution in [1.82, 2.24) is 0 Å². The first-order chi connectivity index (χ1) is 6.29. The van der Waals surface area contributed by atoms with Gasteiger partial charge in [0.2, 0.25) is 0 Å². The van der Waals surface area contributed by atoms with E-state index in [2.05, 4.69) is 0 Å². The van der Waals surface area contributed by atoms with Crippen molar-refractivity contribution < 1.29 is 26.7 Å². The molecule has 0 aliphatic rings. The molecule has 2 aromatic carbocycles. The zero-order valence-electron chi connectivity index (χ0n) is 7.23. The van der Waals surface area contributed by atoms with Crippen molar-refractivity contribution >= 4 is 16.7 Å². The summed E-state index contributed by atoms with van der Waals surface area (Å²) in [6.07, 6.45) is 0. The molecule has 1 N–H and O–H groups in total. The summed E-state index contributed by atoms with van der Waals surface area (Å²) >= 11 is 0. The molecule has 0 amide bonds. The van der Waals surface area contributed by atoms with Crippen LogP contribution in [0.2, 0.25) is 0 Å². The number of carboxylic acids is 1. The second-order valence-corrected chi connectivity index (χ2v) is 2.83. The zero-order chi connectivity index (χ0) is 9.26. The standard InChI is InChI=1S/C11H8O2.Co/c12-11(13)10-7-3-5-8-4-1-2-6-9(8)10;/h1-7H,(H,12,13);/q;+2. The van der Waals surface area contributed by atoms with E-state index in [0.717, 1.165) is 10.8 Å². The van der Waals surface area contributed by atoms with Crippen LogP contribution >= 0.6 is 0 Å². The molecule has 71 valence electrons. The van der Waals surface area contributed by atoms with Crippen LogP contribution in [0.25, 0.3) is 10.8 Å². The smallest absolute Gasteiger partial charge is 0.478 e. The van der Waals surface area contributed by atoms with Crippen LogP contribution in [0, 0.1) is 0 Å². The molecule has 0 heterocycles. The van der Waals surface area contributed by atoms with E-state index in [1.807, 2.05) is 30.3 Å². The molecule has 0 unspecified atom stereocenters. The first-order valence-corrected chi connectivity index (χ1v) is 4.00. The predicted molar refractivity (Wildman–Crippen MR) is 50.9 cm³/mol. The van der Waals surface area contributed by atoms with Crippen LogP contribution in [-0.2, 0) is 16.8 Å². The van der Waals surface area contributed by atoms with Crippen LogP contribution in [0.5, 0.6) is 0 Å². The maximum atomic E-state index is 10.8. The molecular weight excluding hydrogens is 223 g/mol. The Labute approximate surface area is 91.8 Å². The summed E-state index contributed by atoms with van der Waals surface area (Å²) in [5, 5.41) is 10.6. The Balaban J connectivity index is 0.000000980. The number of rotatable bonds is 1. The average Bonchev–Trinajstić information content (AvgIpc) is 2.17. The number of carbonyl (C=O) groups is 1. The monoisotopic (exact) mass is 231 g/mol. The first kappa shape index (κ1) is 10.8. The molecular formula is C11H8CoO2+2. The van der Waals surface area contributed by atoms with Gasteiger partial charge in [-0.2, -0.15) is 0 Å². The van der Waals surface area contributed by atoms with E-state index in [4.69, 9.17) is 5.11 Å². The summed E-state index contributed by atoms with van der Waals surface area (Å²) in [6.45, 7) is 0. The molecule has 0 aliphatic carbocycles. The Bertz CT molecular complexity index is 460. The minimum atomic E-state index is -0.878. The SMILES string of the molecule is O=C(O)c1cccc2ccccc12.[Co+2]. The fourth-order valence-electron chi connectivity index (χ4n) is 1.41. The summed E-state index contributed by atoms with van der Waals surface area (Å²) < 4.78 is 0. The fourth-order valence-corrected chi connectivity index (χ4v) is 1.41. The molecule has 1 radical (unpaired) electrons. The van der Waals surface area contributed by atoms with Gasteiger partial charge in [0.05, 0.1) is 5.56 Å². The number of hydrogen-bond donors (Lipinski definition) is 1. The topological polar surface area (TPSA) is 37.3 Å². The van der Waals surface area contributed by atoms with E-state index in [9.17, 15) is 4.79 Å². The van der Waals surface area contributed by atoms with Crippen LogP contribution in [-0.4, -0.2) is 11.1 Å². The molecule has 3 heteroatoms. The molecule has 0 fully saturated rings. The van der Waals surface area contributed by atoms with E-state index in [-0.39, 0.29) is 16.8 Å². The van der Waals surface area contributed by atoms with Crippen molar-refractivity contribution in [2.24, 2.45) is 0 Å². The first-order valence-electron chi connectivity index (χ1n) is 4.00. The van der Waals surface area contributed by atoms with Crippen LogP contribution in [0.15, 0.2) is 42.5 Å². The van der Waals surface area contributed by atoms with Gasteiger partial charge in [-0.15, -0.1) is 0 Å². The van der Waals surface area contributed by atoms with Gasteiger partial charge in [0.15, 0.2) is 0 Å². The van der Waals surface area contributed by atoms with Gasteiger partial charge in [-0.05, 0) is 16.8 Å². The summed E-state index contributed by atoms with van der Waals surface area (Å²) in [4.78, 5) is 10.8. The van der Waals surface area contributed by atoms with Crippen molar-refractivity contribution in [3.8, 4) is 0 Å². The third kappa shape index (κ3) is 1.78. The van der Waals surface area contributed by atoms with Crippen molar-refractivity contribution in [3.05, 3.63) is 48.0 Å². The molecule has 0 spiro atoms. The van der Waals surface area contributed by atoms with Crippen molar-refractivity contribution in [2.75, 3.05) is 0 Å². The van der Waals surface area contributed by atoms with Gasteiger partial charge in [-0.1, -0.05) is 36.4 Å². The summed E-state index contributed by atoms with van der Waals surface area (Å²) in [7, 11) is 0. The van der Waals surface area contributed by atoms with E-state index in [0.29, 0.717) is 5.56 Å². The molecule has 0 saturated heterocycles. The number of hydrogen-bond acceptors (Lipinski definition) is 1. The van der Waals surface area contributed by atoms with Crippen LogP contribution in [0.4, 0.5) is 0 Å². The molecule has 0 aromatic heterocycles. The summed E-state index contributed by atoms with van der Waals surface area (Å²) in [5.74, 6) is -0.878. The fraction of sp³-hybridized carbons (Fsp3) is 0. The average molecular weight is 231 g/mol. The Morgan fingerprint density at radius 2 is 1.64 bits per heavy atom. The molecule has 14 heavy (non-hydrogen) atoms. The van der Waals surface area contributed by atoms with Gasteiger partial charge in [0.25, 0.3) is 0 Å². The molecule has 2 nitrogen and oxygen atoms in total. The minimum Gasteiger partial charge on any atom is -0.478 e. The number of benzene rings is 2. The Kier molecular flexibility index (Phi) is 3.27. The normalized spacial score (nSPS) is 9.43. The van der Waals surface area contributed by atoms with Gasteiger partial charge in [-0.25, -0.2) is 4.79 Å². The molecule has 2 aromatic rings. The third-order valence-electron chi connectivity index (χ3n) is 2.02. The molecule has 0 atom stereocenters. The molecule has 0 aliphatic heterocycles. The number of fused-ring (bicyclic) bond motifs is 1. The van der Waals surface area contributed by atoms with Gasteiger partial charge < -0.3 is 5.11 Å². The Hall–Kier alpha value is -1.32. The minimum absolute atomic E-state index is 0. The van der Waals surface area contributed by atoms with Crippen LogP contribution < -0.4 is 0 Å².